The number of fused-ring (bicyclic) bond motifs is 1. The first kappa shape index (κ1) is 15.1. The Labute approximate surface area is 140 Å². The molecule has 4 rings (SSSR count). The number of likely N-dealkylation sites (N-methyl/N-ethyl adjacent to an activating group) is 1. The second kappa shape index (κ2) is 5.54. The lowest BCUT2D eigenvalue weighted by molar-refractivity contribution is -0.135. The van der Waals surface area contributed by atoms with Crippen LogP contribution in [0, 0.1) is 0 Å². The van der Waals surface area contributed by atoms with Gasteiger partial charge in [-0.1, -0.05) is 18.2 Å². The van der Waals surface area contributed by atoms with Crippen molar-refractivity contribution in [2.45, 2.75) is 25.0 Å². The highest BCUT2D eigenvalue weighted by molar-refractivity contribution is 5.83. The summed E-state index contributed by atoms with van der Waals surface area (Å²) in [5.74, 6) is 0.115. The molecule has 0 radical (unpaired) electrons. The van der Waals surface area contributed by atoms with Gasteiger partial charge in [0.25, 0.3) is 0 Å². The normalized spacial score (nSPS) is 20.0. The molecule has 2 aliphatic heterocycles. The lowest BCUT2D eigenvalue weighted by atomic mass is 9.91. The third kappa shape index (κ3) is 2.52. The maximum atomic E-state index is 12.6. The van der Waals surface area contributed by atoms with Gasteiger partial charge in [-0.15, -0.1) is 0 Å². The molecule has 2 aliphatic rings. The number of hydrogen-bond acceptors (Lipinski definition) is 3. The van der Waals surface area contributed by atoms with Gasteiger partial charge in [0.1, 0.15) is 12.1 Å². The van der Waals surface area contributed by atoms with Gasteiger partial charge in [0, 0.05) is 44.7 Å². The molecule has 6 heteroatoms. The van der Waals surface area contributed by atoms with Crippen molar-refractivity contribution < 1.29 is 14.3 Å². The minimum absolute atomic E-state index is 0.115. The quantitative estimate of drug-likeness (QED) is 0.849. The first-order valence-electron chi connectivity index (χ1n) is 8.32. The van der Waals surface area contributed by atoms with E-state index in [1.165, 1.54) is 0 Å². The second-order valence-electron chi connectivity index (χ2n) is 6.79. The number of carbonyl (C=O) groups excluding carboxylic acids is 2. The monoisotopic (exact) mass is 327 g/mol. The second-order valence-corrected chi connectivity index (χ2v) is 6.79. The zero-order valence-electron chi connectivity index (χ0n) is 13.8. The molecule has 2 amide bonds. The molecule has 0 saturated carbocycles. The Morgan fingerprint density at radius 1 is 1.21 bits per heavy atom. The molecule has 2 aromatic rings. The topological polar surface area (TPSA) is 54.8 Å². The highest BCUT2D eigenvalue weighted by Crippen LogP contribution is 2.32. The zero-order valence-corrected chi connectivity index (χ0v) is 13.8. The highest BCUT2D eigenvalue weighted by Gasteiger charge is 2.46. The van der Waals surface area contributed by atoms with E-state index in [0.29, 0.717) is 39.0 Å². The number of piperidine rings is 1. The van der Waals surface area contributed by atoms with Crippen molar-refractivity contribution in [1.82, 2.24) is 14.4 Å². The van der Waals surface area contributed by atoms with E-state index in [-0.39, 0.29) is 12.0 Å². The molecule has 2 fully saturated rings. The number of nitrogens with zero attached hydrogens (tertiary/aromatic N) is 3. The summed E-state index contributed by atoms with van der Waals surface area (Å²) >= 11 is 0. The maximum absolute atomic E-state index is 12.6. The minimum atomic E-state index is -0.400. The molecule has 0 atom stereocenters. The number of rotatable bonds is 2. The molecular weight excluding hydrogens is 306 g/mol. The molecule has 3 heterocycles. The molecule has 126 valence electrons. The van der Waals surface area contributed by atoms with Crippen molar-refractivity contribution >= 4 is 22.9 Å². The van der Waals surface area contributed by atoms with Gasteiger partial charge in [-0.25, -0.2) is 4.79 Å². The average Bonchev–Trinajstić information content (AvgIpc) is 3.10. The van der Waals surface area contributed by atoms with E-state index in [4.69, 9.17) is 4.74 Å². The Kier molecular flexibility index (Phi) is 3.48. The molecule has 1 aromatic carbocycles. The minimum Gasteiger partial charge on any atom is -0.441 e. The number of hydrogen-bond donors (Lipinski definition) is 0. The summed E-state index contributed by atoms with van der Waals surface area (Å²) in [6, 6.07) is 10.1. The van der Waals surface area contributed by atoms with Crippen LogP contribution in [0.3, 0.4) is 0 Å². The maximum Gasteiger partial charge on any atom is 0.410 e. The van der Waals surface area contributed by atoms with Crippen LogP contribution in [0.1, 0.15) is 12.8 Å². The first-order chi connectivity index (χ1) is 11.6. The fourth-order valence-electron chi connectivity index (χ4n) is 3.74. The predicted octanol–water partition coefficient (Wildman–Crippen LogP) is 2.08. The van der Waals surface area contributed by atoms with E-state index in [2.05, 4.69) is 0 Å². The van der Waals surface area contributed by atoms with E-state index in [1.54, 1.807) is 11.9 Å². The Morgan fingerprint density at radius 3 is 2.67 bits per heavy atom. The number of benzene rings is 1. The number of amides is 2. The summed E-state index contributed by atoms with van der Waals surface area (Å²) in [5, 5.41) is 1.14. The fraction of sp³-hybridized carbons (Fsp3) is 0.444. The van der Waals surface area contributed by atoms with E-state index >= 15 is 0 Å². The molecular formula is C18H21N3O3. The third-order valence-corrected chi connectivity index (χ3v) is 5.15. The van der Waals surface area contributed by atoms with E-state index in [1.807, 2.05) is 46.0 Å². The van der Waals surface area contributed by atoms with Crippen molar-refractivity contribution in [2.75, 3.05) is 26.7 Å². The molecule has 0 N–H and O–H groups in total. The van der Waals surface area contributed by atoms with Gasteiger partial charge >= 0.3 is 6.09 Å². The Balaban J connectivity index is 1.41. The van der Waals surface area contributed by atoms with Crippen molar-refractivity contribution in [3.05, 3.63) is 36.5 Å². The van der Waals surface area contributed by atoms with E-state index in [0.717, 1.165) is 10.9 Å². The summed E-state index contributed by atoms with van der Waals surface area (Å²) in [5.41, 5.74) is 0.675. The van der Waals surface area contributed by atoms with Gasteiger partial charge in [-0.2, -0.15) is 0 Å². The molecule has 0 bridgehead atoms. The largest absolute Gasteiger partial charge is 0.441 e. The number of para-hydroxylation sites is 1. The van der Waals surface area contributed by atoms with Gasteiger partial charge in [-0.3, -0.25) is 4.79 Å². The van der Waals surface area contributed by atoms with Gasteiger partial charge < -0.3 is 19.1 Å². The molecule has 24 heavy (non-hydrogen) atoms. The Hall–Kier alpha value is -2.50. The summed E-state index contributed by atoms with van der Waals surface area (Å²) in [6.45, 7) is 2.24. The van der Waals surface area contributed by atoms with Crippen LogP contribution in [-0.4, -0.2) is 58.7 Å². The summed E-state index contributed by atoms with van der Waals surface area (Å²) in [7, 11) is 1.76. The average molecular weight is 327 g/mol. The molecule has 6 nitrogen and oxygen atoms in total. The molecule has 0 aliphatic carbocycles. The standard InChI is InChI=1S/C18H21N3O3/c1-19-13-18(24-17(19)23)7-10-20(11-8-18)16(22)12-21-9-6-14-4-2-3-5-15(14)21/h2-6,9H,7-8,10-13H2,1H3. The van der Waals surface area contributed by atoms with Crippen molar-refractivity contribution in [1.29, 1.82) is 0 Å². The highest BCUT2D eigenvalue weighted by atomic mass is 16.6. The predicted molar refractivity (Wildman–Crippen MR) is 89.6 cm³/mol. The van der Waals surface area contributed by atoms with Crippen molar-refractivity contribution in [3.8, 4) is 0 Å². The number of likely N-dealkylation sites (tertiary alicyclic amines) is 1. The smallest absolute Gasteiger partial charge is 0.410 e. The van der Waals surface area contributed by atoms with Crippen LogP contribution in [0.2, 0.25) is 0 Å². The van der Waals surface area contributed by atoms with Crippen molar-refractivity contribution in [3.63, 3.8) is 0 Å². The summed E-state index contributed by atoms with van der Waals surface area (Å²) in [6.07, 6.45) is 3.12. The third-order valence-electron chi connectivity index (χ3n) is 5.15. The van der Waals surface area contributed by atoms with Crippen LogP contribution in [0.25, 0.3) is 10.9 Å². The van der Waals surface area contributed by atoms with Gasteiger partial charge in [0.05, 0.1) is 6.54 Å². The van der Waals surface area contributed by atoms with Gasteiger partial charge in [-0.05, 0) is 17.5 Å². The van der Waals surface area contributed by atoms with Gasteiger partial charge in [0.15, 0.2) is 0 Å². The summed E-state index contributed by atoms with van der Waals surface area (Å²) in [4.78, 5) is 27.7. The van der Waals surface area contributed by atoms with Crippen LogP contribution in [0.15, 0.2) is 36.5 Å². The van der Waals surface area contributed by atoms with Crippen LogP contribution >= 0.6 is 0 Å². The molecule has 1 aromatic heterocycles. The molecule has 0 unspecified atom stereocenters. The first-order valence-corrected chi connectivity index (χ1v) is 8.32. The van der Waals surface area contributed by atoms with E-state index in [9.17, 15) is 9.59 Å². The van der Waals surface area contributed by atoms with Crippen LogP contribution in [0.4, 0.5) is 4.79 Å². The number of carbonyl (C=O) groups is 2. The fourth-order valence-corrected chi connectivity index (χ4v) is 3.74. The zero-order chi connectivity index (χ0) is 16.7. The summed E-state index contributed by atoms with van der Waals surface area (Å²) < 4.78 is 7.53. The SMILES string of the molecule is CN1CC2(CCN(C(=O)Cn3ccc4ccccc43)CC2)OC1=O. The van der Waals surface area contributed by atoms with Crippen molar-refractivity contribution in [2.24, 2.45) is 0 Å². The van der Waals surface area contributed by atoms with Crippen LogP contribution in [0.5, 0.6) is 0 Å². The van der Waals surface area contributed by atoms with Crippen LogP contribution < -0.4 is 0 Å². The molecule has 1 spiro atoms. The Bertz CT molecular complexity index is 790. The van der Waals surface area contributed by atoms with Crippen LogP contribution in [-0.2, 0) is 16.1 Å². The van der Waals surface area contributed by atoms with Gasteiger partial charge in [0.2, 0.25) is 5.91 Å². The molecule has 2 saturated heterocycles. The lowest BCUT2D eigenvalue weighted by Gasteiger charge is -2.37. The number of aromatic nitrogens is 1. The van der Waals surface area contributed by atoms with E-state index < -0.39 is 5.60 Å². The lowest BCUT2D eigenvalue weighted by Crippen LogP contribution is -2.49. The Morgan fingerprint density at radius 2 is 1.96 bits per heavy atom. The number of ether oxygens (including phenoxy) is 1.